The zero-order chi connectivity index (χ0) is 18.9. The number of hydrogen-bond acceptors (Lipinski definition) is 7. The van der Waals surface area contributed by atoms with E-state index in [1.54, 1.807) is 19.6 Å². The lowest BCUT2D eigenvalue weighted by atomic mass is 10.1. The number of nitrogens with one attached hydrogen (secondary N) is 1. The van der Waals surface area contributed by atoms with E-state index >= 15 is 0 Å². The number of benzene rings is 1. The van der Waals surface area contributed by atoms with Gasteiger partial charge < -0.3 is 14.6 Å². The predicted molar refractivity (Wildman–Crippen MR) is 90.6 cm³/mol. The van der Waals surface area contributed by atoms with Crippen molar-refractivity contribution in [1.82, 2.24) is 20.1 Å². The highest BCUT2D eigenvalue weighted by Gasteiger charge is 2.18. The maximum Gasteiger partial charge on any atom is 0.338 e. The van der Waals surface area contributed by atoms with Gasteiger partial charge in [0.05, 0.1) is 17.1 Å². The summed E-state index contributed by atoms with van der Waals surface area (Å²) in [7, 11) is 0. The number of unbranched alkanes of at least 4 members (excludes halogenated alkanes) is 1. The molecule has 2 aromatic rings. The fourth-order valence-electron chi connectivity index (χ4n) is 2.24. The first-order valence-electron chi connectivity index (χ1n) is 8.08. The minimum Gasteiger partial charge on any atom is -0.462 e. The van der Waals surface area contributed by atoms with Gasteiger partial charge in [0, 0.05) is 30.8 Å². The standard InChI is InChI=1S/C16H19N5O5/c1-2-26-16(23)13-7-12(8-14(9-13)21(24)25)15(22)17-5-3-4-6-20-10-18-19-11-20/h7-11H,2-6H2,1H3,(H,17,22). The van der Waals surface area contributed by atoms with Crippen LogP contribution in [0.3, 0.4) is 0 Å². The van der Waals surface area contributed by atoms with Crippen molar-refractivity contribution in [2.75, 3.05) is 13.2 Å². The van der Waals surface area contributed by atoms with Gasteiger partial charge >= 0.3 is 5.97 Å². The van der Waals surface area contributed by atoms with Crippen molar-refractivity contribution in [2.45, 2.75) is 26.3 Å². The number of nitrogens with zero attached hydrogens (tertiary/aromatic N) is 4. The number of ether oxygens (including phenoxy) is 1. The van der Waals surface area contributed by atoms with Crippen molar-refractivity contribution in [3.05, 3.63) is 52.1 Å². The highest BCUT2D eigenvalue weighted by Crippen LogP contribution is 2.18. The van der Waals surface area contributed by atoms with Crippen LogP contribution >= 0.6 is 0 Å². The smallest absolute Gasteiger partial charge is 0.338 e. The Labute approximate surface area is 149 Å². The van der Waals surface area contributed by atoms with E-state index in [1.807, 2.05) is 4.57 Å². The molecule has 1 N–H and O–H groups in total. The monoisotopic (exact) mass is 361 g/mol. The van der Waals surface area contributed by atoms with Gasteiger partial charge in [-0.25, -0.2) is 4.79 Å². The van der Waals surface area contributed by atoms with Crippen LogP contribution in [0, 0.1) is 10.1 Å². The molecule has 0 atom stereocenters. The molecule has 26 heavy (non-hydrogen) atoms. The van der Waals surface area contributed by atoms with Gasteiger partial charge in [0.2, 0.25) is 0 Å². The Morgan fingerprint density at radius 2 is 1.88 bits per heavy atom. The van der Waals surface area contributed by atoms with E-state index in [-0.39, 0.29) is 23.4 Å². The Balaban J connectivity index is 1.95. The van der Waals surface area contributed by atoms with E-state index in [9.17, 15) is 19.7 Å². The average Bonchev–Trinajstić information content (AvgIpc) is 3.14. The molecule has 0 spiro atoms. The number of aromatic nitrogens is 3. The van der Waals surface area contributed by atoms with Gasteiger partial charge in [-0.1, -0.05) is 0 Å². The van der Waals surface area contributed by atoms with Crippen LogP contribution < -0.4 is 5.32 Å². The van der Waals surface area contributed by atoms with E-state index in [2.05, 4.69) is 15.5 Å². The van der Waals surface area contributed by atoms with Gasteiger partial charge in [-0.15, -0.1) is 10.2 Å². The van der Waals surface area contributed by atoms with Crippen LogP contribution in [-0.4, -0.2) is 44.7 Å². The summed E-state index contributed by atoms with van der Waals surface area (Å²) in [5.41, 5.74) is -0.326. The fraction of sp³-hybridized carbons (Fsp3) is 0.375. The first-order valence-corrected chi connectivity index (χ1v) is 8.08. The lowest BCUT2D eigenvalue weighted by Crippen LogP contribution is -2.25. The summed E-state index contributed by atoms with van der Waals surface area (Å²) in [6.45, 7) is 2.89. The predicted octanol–water partition coefficient (Wildman–Crippen LogP) is 1.57. The van der Waals surface area contributed by atoms with Gasteiger partial charge in [-0.3, -0.25) is 14.9 Å². The Hall–Kier alpha value is -3.30. The molecule has 1 aromatic carbocycles. The average molecular weight is 361 g/mol. The van der Waals surface area contributed by atoms with Crippen molar-refractivity contribution in [1.29, 1.82) is 0 Å². The number of carbonyl (C=O) groups is 2. The molecule has 0 aliphatic heterocycles. The summed E-state index contributed by atoms with van der Waals surface area (Å²) in [6.07, 6.45) is 4.74. The number of hydrogen-bond donors (Lipinski definition) is 1. The highest BCUT2D eigenvalue weighted by atomic mass is 16.6. The summed E-state index contributed by atoms with van der Waals surface area (Å²) in [5.74, 6) is -1.19. The fourth-order valence-corrected chi connectivity index (χ4v) is 2.24. The Kier molecular flexibility index (Phi) is 6.77. The second kappa shape index (κ2) is 9.25. The zero-order valence-corrected chi connectivity index (χ0v) is 14.3. The molecule has 0 aliphatic carbocycles. The maximum absolute atomic E-state index is 12.2. The number of carbonyl (C=O) groups excluding carboxylic acids is 2. The molecule has 0 radical (unpaired) electrons. The van der Waals surface area contributed by atoms with E-state index in [0.29, 0.717) is 13.0 Å². The second-order valence-corrected chi connectivity index (χ2v) is 5.41. The van der Waals surface area contributed by atoms with Crippen LogP contribution in [0.2, 0.25) is 0 Å². The number of aryl methyl sites for hydroxylation is 1. The van der Waals surface area contributed by atoms with Crippen molar-refractivity contribution < 1.29 is 19.2 Å². The lowest BCUT2D eigenvalue weighted by Gasteiger charge is -2.07. The Bertz CT molecular complexity index is 775. The third-order valence-electron chi connectivity index (χ3n) is 3.50. The van der Waals surface area contributed by atoms with Crippen LogP contribution in [0.1, 0.15) is 40.5 Å². The highest BCUT2D eigenvalue weighted by molar-refractivity contribution is 5.98. The molecule has 1 aromatic heterocycles. The first kappa shape index (κ1) is 19.0. The summed E-state index contributed by atoms with van der Waals surface area (Å²) >= 11 is 0. The number of non-ortho nitro benzene ring substituents is 1. The molecule has 0 saturated heterocycles. The van der Waals surface area contributed by atoms with Crippen molar-refractivity contribution in [3.63, 3.8) is 0 Å². The second-order valence-electron chi connectivity index (χ2n) is 5.41. The molecule has 2 rings (SSSR count). The van der Waals surface area contributed by atoms with Gasteiger partial charge in [0.1, 0.15) is 12.7 Å². The molecular formula is C16H19N5O5. The molecule has 0 saturated carbocycles. The Morgan fingerprint density at radius 3 is 2.54 bits per heavy atom. The molecule has 1 amide bonds. The number of rotatable bonds is 9. The summed E-state index contributed by atoms with van der Waals surface area (Å²) < 4.78 is 6.67. The normalized spacial score (nSPS) is 10.3. The van der Waals surface area contributed by atoms with Crippen LogP contribution in [0.15, 0.2) is 30.9 Å². The van der Waals surface area contributed by atoms with Crippen molar-refractivity contribution >= 4 is 17.6 Å². The first-order chi connectivity index (χ1) is 12.5. The van der Waals surface area contributed by atoms with Crippen LogP contribution in [0.5, 0.6) is 0 Å². The minimum atomic E-state index is -0.709. The summed E-state index contributed by atoms with van der Waals surface area (Å²) in [5, 5.41) is 21.1. The molecule has 0 aliphatic rings. The molecule has 10 nitrogen and oxygen atoms in total. The Morgan fingerprint density at radius 1 is 1.19 bits per heavy atom. The summed E-state index contributed by atoms with van der Waals surface area (Å²) in [4.78, 5) is 34.4. The number of nitro groups is 1. The lowest BCUT2D eigenvalue weighted by molar-refractivity contribution is -0.384. The zero-order valence-electron chi connectivity index (χ0n) is 14.3. The molecular weight excluding hydrogens is 342 g/mol. The topological polar surface area (TPSA) is 129 Å². The number of esters is 1. The number of nitro benzene ring substituents is 1. The van der Waals surface area contributed by atoms with Crippen molar-refractivity contribution in [2.24, 2.45) is 0 Å². The van der Waals surface area contributed by atoms with Gasteiger partial charge in [-0.05, 0) is 25.8 Å². The van der Waals surface area contributed by atoms with Crippen LogP contribution in [0.25, 0.3) is 0 Å². The van der Waals surface area contributed by atoms with E-state index in [0.717, 1.165) is 25.1 Å². The molecule has 138 valence electrons. The van der Waals surface area contributed by atoms with Crippen LogP contribution in [0.4, 0.5) is 5.69 Å². The minimum absolute atomic E-state index is 0.0289. The molecule has 0 unspecified atom stereocenters. The molecule has 10 heteroatoms. The van der Waals surface area contributed by atoms with Gasteiger partial charge in [0.25, 0.3) is 11.6 Å². The van der Waals surface area contributed by atoms with E-state index < -0.39 is 16.8 Å². The van der Waals surface area contributed by atoms with Gasteiger partial charge in [0.15, 0.2) is 0 Å². The van der Waals surface area contributed by atoms with Crippen LogP contribution in [-0.2, 0) is 11.3 Å². The largest absolute Gasteiger partial charge is 0.462 e. The van der Waals surface area contributed by atoms with E-state index in [4.69, 9.17) is 4.74 Å². The van der Waals surface area contributed by atoms with E-state index in [1.165, 1.54) is 6.07 Å². The SMILES string of the molecule is CCOC(=O)c1cc(C(=O)NCCCCn2cnnc2)cc([N+](=O)[O-])c1. The van der Waals surface area contributed by atoms with Crippen molar-refractivity contribution in [3.8, 4) is 0 Å². The maximum atomic E-state index is 12.2. The third-order valence-corrected chi connectivity index (χ3v) is 3.50. The summed E-state index contributed by atoms with van der Waals surface area (Å²) in [6, 6.07) is 3.51. The quantitative estimate of drug-likeness (QED) is 0.310. The molecule has 1 heterocycles. The van der Waals surface area contributed by atoms with Gasteiger partial charge in [-0.2, -0.15) is 0 Å². The number of amides is 1. The third kappa shape index (κ3) is 5.36. The molecule has 0 bridgehead atoms. The molecule has 0 fully saturated rings.